The second-order valence-electron chi connectivity index (χ2n) is 15.2. The maximum atomic E-state index is 5.21. The fourth-order valence-electron chi connectivity index (χ4n) is 8.55. The topological polar surface area (TPSA) is 87.2 Å². The van der Waals surface area contributed by atoms with Crippen molar-refractivity contribution < 1.29 is 0 Å². The van der Waals surface area contributed by atoms with E-state index in [4.69, 9.17) is 29.9 Å². The first-order chi connectivity index (χ1) is 30.7. The Balaban J connectivity index is 1.01. The molecule has 0 saturated carbocycles. The average Bonchev–Trinajstić information content (AvgIpc) is 3.87. The van der Waals surface area contributed by atoms with Crippen LogP contribution in [0.3, 0.4) is 0 Å². The highest BCUT2D eigenvalue weighted by Gasteiger charge is 2.20. The summed E-state index contributed by atoms with van der Waals surface area (Å²) in [7, 11) is 0. The molecule has 0 aliphatic rings. The Labute approximate surface area is 356 Å². The molecule has 8 aromatic carbocycles. The Hall–Kier alpha value is -8.62. The molecule has 0 radical (unpaired) electrons. The molecule has 8 heteroatoms. The molecular weight excluding hydrogens is 761 g/mol. The highest BCUT2D eigenvalue weighted by atomic mass is 15.2. The molecule has 0 amide bonds. The van der Waals surface area contributed by atoms with Crippen molar-refractivity contribution in [2.45, 2.75) is 0 Å². The van der Waals surface area contributed by atoms with Crippen LogP contribution in [0, 0.1) is 0 Å². The van der Waals surface area contributed by atoms with Crippen LogP contribution in [0.15, 0.2) is 206 Å². The molecule has 4 heterocycles. The van der Waals surface area contributed by atoms with E-state index in [0.29, 0.717) is 35.2 Å². The van der Waals surface area contributed by atoms with Crippen molar-refractivity contribution in [1.82, 2.24) is 39.0 Å². The van der Waals surface area contributed by atoms with Gasteiger partial charge in [-0.25, -0.2) is 9.97 Å². The van der Waals surface area contributed by atoms with Crippen molar-refractivity contribution >= 4 is 43.6 Å². The van der Waals surface area contributed by atoms with Crippen molar-refractivity contribution in [3.8, 4) is 68.6 Å². The van der Waals surface area contributed by atoms with Gasteiger partial charge < -0.3 is 0 Å². The van der Waals surface area contributed by atoms with Crippen LogP contribution in [0.1, 0.15) is 0 Å². The van der Waals surface area contributed by atoms with Gasteiger partial charge in [0, 0.05) is 43.8 Å². The molecule has 0 saturated heterocycles. The summed E-state index contributed by atoms with van der Waals surface area (Å²) < 4.78 is 4.30. The molecule has 8 nitrogen and oxygen atoms in total. The normalized spacial score (nSPS) is 11.5. The minimum atomic E-state index is 0.557. The lowest BCUT2D eigenvalue weighted by Crippen LogP contribution is -2.06. The molecular formula is C54H34N8. The first-order valence-electron chi connectivity index (χ1n) is 20.5. The van der Waals surface area contributed by atoms with Crippen LogP contribution in [0.2, 0.25) is 0 Å². The maximum Gasteiger partial charge on any atom is 0.238 e. The van der Waals surface area contributed by atoms with Crippen molar-refractivity contribution in [2.75, 3.05) is 0 Å². The molecule has 12 aromatic rings. The van der Waals surface area contributed by atoms with Crippen LogP contribution >= 0.6 is 0 Å². The van der Waals surface area contributed by atoms with E-state index < -0.39 is 0 Å². The number of nitrogens with zero attached hydrogens (tertiary/aromatic N) is 8. The molecule has 0 atom stereocenters. The second-order valence-corrected chi connectivity index (χ2v) is 15.2. The maximum absolute atomic E-state index is 5.21. The van der Waals surface area contributed by atoms with Gasteiger partial charge in [-0.1, -0.05) is 170 Å². The van der Waals surface area contributed by atoms with Gasteiger partial charge in [-0.05, 0) is 47.5 Å². The van der Waals surface area contributed by atoms with Crippen LogP contribution < -0.4 is 0 Å². The number of para-hydroxylation sites is 3. The smallest absolute Gasteiger partial charge is 0.238 e. The van der Waals surface area contributed by atoms with Gasteiger partial charge in [0.1, 0.15) is 0 Å². The summed E-state index contributed by atoms with van der Waals surface area (Å²) in [6.07, 6.45) is 0. The van der Waals surface area contributed by atoms with Gasteiger partial charge >= 0.3 is 0 Å². The molecule has 0 aliphatic heterocycles. The number of hydrogen-bond acceptors (Lipinski definition) is 6. The van der Waals surface area contributed by atoms with E-state index in [0.717, 1.165) is 77.0 Å². The summed E-state index contributed by atoms with van der Waals surface area (Å²) in [5.74, 6) is 3.55. The van der Waals surface area contributed by atoms with Gasteiger partial charge in [0.05, 0.1) is 22.1 Å². The number of benzene rings is 8. The lowest BCUT2D eigenvalue weighted by atomic mass is 10.0. The summed E-state index contributed by atoms with van der Waals surface area (Å²) in [5, 5.41) is 4.48. The number of aromatic nitrogens is 8. The largest absolute Gasteiger partial charge is 0.278 e. The molecule has 0 bridgehead atoms. The third kappa shape index (κ3) is 6.00. The SMILES string of the molecule is c1ccc(-c2nc(-c3cccc(-c4ccc5c(c4)c4ccccc4n5-c4nc(-c5ccccc5)nc(-c5ccccc5)n4)c3)nc(-n3c4ccccc4c4ccccc43)n2)cc1. The zero-order valence-corrected chi connectivity index (χ0v) is 33.2. The van der Waals surface area contributed by atoms with Crippen molar-refractivity contribution in [3.05, 3.63) is 206 Å². The summed E-state index contributed by atoms with van der Waals surface area (Å²) in [5.41, 5.74) is 9.84. The van der Waals surface area contributed by atoms with Crippen molar-refractivity contribution in [3.63, 3.8) is 0 Å². The minimum absolute atomic E-state index is 0.557. The van der Waals surface area contributed by atoms with Gasteiger partial charge in [-0.2, -0.15) is 19.9 Å². The van der Waals surface area contributed by atoms with Crippen LogP contribution in [-0.2, 0) is 0 Å². The molecule has 290 valence electrons. The van der Waals surface area contributed by atoms with Crippen LogP contribution in [0.5, 0.6) is 0 Å². The molecule has 4 aromatic heterocycles. The van der Waals surface area contributed by atoms with Gasteiger partial charge in [-0.15, -0.1) is 0 Å². The molecule has 0 N–H and O–H groups in total. The van der Waals surface area contributed by atoms with E-state index in [-0.39, 0.29) is 0 Å². The first kappa shape index (κ1) is 35.3. The third-order valence-corrected chi connectivity index (χ3v) is 11.4. The average molecular weight is 795 g/mol. The van der Waals surface area contributed by atoms with Crippen LogP contribution in [-0.4, -0.2) is 39.0 Å². The lowest BCUT2D eigenvalue weighted by molar-refractivity contribution is 0.953. The van der Waals surface area contributed by atoms with Gasteiger partial charge in [0.2, 0.25) is 11.9 Å². The van der Waals surface area contributed by atoms with E-state index in [9.17, 15) is 0 Å². The Morgan fingerprint density at radius 1 is 0.226 bits per heavy atom. The van der Waals surface area contributed by atoms with E-state index in [1.54, 1.807) is 0 Å². The third-order valence-electron chi connectivity index (χ3n) is 11.4. The lowest BCUT2D eigenvalue weighted by Gasteiger charge is -2.12. The summed E-state index contributed by atoms with van der Waals surface area (Å²) in [6.45, 7) is 0. The van der Waals surface area contributed by atoms with Crippen molar-refractivity contribution in [1.29, 1.82) is 0 Å². The quantitative estimate of drug-likeness (QED) is 0.160. The molecule has 0 aliphatic carbocycles. The van der Waals surface area contributed by atoms with Crippen LogP contribution in [0.4, 0.5) is 0 Å². The molecule has 12 rings (SSSR count). The molecule has 0 spiro atoms. The first-order valence-corrected chi connectivity index (χ1v) is 20.5. The fourth-order valence-corrected chi connectivity index (χ4v) is 8.55. The number of hydrogen-bond donors (Lipinski definition) is 0. The predicted molar refractivity (Wildman–Crippen MR) is 249 cm³/mol. The Bertz CT molecular complexity index is 3520. The summed E-state index contributed by atoms with van der Waals surface area (Å²) in [6, 6.07) is 70.6. The van der Waals surface area contributed by atoms with E-state index in [2.05, 4.69) is 124 Å². The number of rotatable bonds is 7. The Morgan fingerprint density at radius 3 is 1.03 bits per heavy atom. The van der Waals surface area contributed by atoms with Gasteiger partial charge in [-0.3, -0.25) is 9.13 Å². The molecule has 0 fully saturated rings. The zero-order chi connectivity index (χ0) is 41.0. The van der Waals surface area contributed by atoms with Crippen molar-refractivity contribution in [2.24, 2.45) is 0 Å². The summed E-state index contributed by atoms with van der Waals surface area (Å²) in [4.78, 5) is 30.6. The number of fused-ring (bicyclic) bond motifs is 6. The monoisotopic (exact) mass is 794 g/mol. The van der Waals surface area contributed by atoms with E-state index in [1.165, 1.54) is 0 Å². The standard InChI is InChI=1S/C54H34N8/c1-4-17-35(18-5-1)49-55-50(36-19-6-2-7-20-36)58-53(57-49)62-47-30-15-12-27-43(47)44-34-39(31-32-48(44)62)38-23-16-24-40(33-38)52-56-51(37-21-8-3-9-22-37)59-54(60-52)61-45-28-13-10-25-41(45)42-26-11-14-29-46(42)61/h1-34H. The zero-order valence-electron chi connectivity index (χ0n) is 33.2. The summed E-state index contributed by atoms with van der Waals surface area (Å²) >= 11 is 0. The molecule has 62 heavy (non-hydrogen) atoms. The highest BCUT2D eigenvalue weighted by Crippen LogP contribution is 2.37. The van der Waals surface area contributed by atoms with Gasteiger partial charge in [0.25, 0.3) is 0 Å². The van der Waals surface area contributed by atoms with E-state index >= 15 is 0 Å². The van der Waals surface area contributed by atoms with E-state index in [1.807, 2.05) is 91.0 Å². The Morgan fingerprint density at radius 2 is 0.565 bits per heavy atom. The highest BCUT2D eigenvalue weighted by molar-refractivity contribution is 6.11. The predicted octanol–water partition coefficient (Wildman–Crippen LogP) is 12.6. The second kappa shape index (κ2) is 14.6. The minimum Gasteiger partial charge on any atom is -0.278 e. The van der Waals surface area contributed by atoms with Crippen LogP contribution in [0.25, 0.3) is 112 Å². The molecule has 0 unspecified atom stereocenters. The Kier molecular flexibility index (Phi) is 8.31. The van der Waals surface area contributed by atoms with Gasteiger partial charge in [0.15, 0.2) is 23.3 Å². The fraction of sp³-hybridized carbons (Fsp3) is 0.